The Morgan fingerprint density at radius 2 is 2.03 bits per heavy atom. The number of fused-ring (bicyclic) bond motifs is 2. The monoisotopic (exact) mass is 625 g/mol. The number of carbonyl (C=O) groups excluding carboxylic acids is 1. The first kappa shape index (κ1) is 25.6. The quantitative estimate of drug-likeness (QED) is 0.235. The second-order valence-corrected chi connectivity index (χ2v) is 10.5. The Balaban J connectivity index is 1.30. The lowest BCUT2D eigenvalue weighted by atomic mass is 9.97. The molecule has 1 aliphatic rings. The van der Waals surface area contributed by atoms with Gasteiger partial charge in [-0.1, -0.05) is 34.7 Å². The molecule has 4 atom stereocenters. The van der Waals surface area contributed by atoms with Gasteiger partial charge in [-0.05, 0) is 55.0 Å². The average Bonchev–Trinajstić information content (AvgIpc) is 3.42. The summed E-state index contributed by atoms with van der Waals surface area (Å²) in [5.74, 6) is -1.48. The second kappa shape index (κ2) is 10.0. The molecule has 12 heteroatoms. The Morgan fingerprint density at radius 1 is 1.24 bits per heavy atom. The number of aromatic nitrogens is 4. The molecule has 3 heterocycles. The molecule has 8 nitrogen and oxygen atoms in total. The number of hydrogen-bond donors (Lipinski definition) is 2. The summed E-state index contributed by atoms with van der Waals surface area (Å²) in [5.41, 5.74) is 2.19. The van der Waals surface area contributed by atoms with Crippen LogP contribution in [0.25, 0.3) is 21.9 Å². The molecule has 1 fully saturated rings. The van der Waals surface area contributed by atoms with Crippen molar-refractivity contribution in [3.63, 3.8) is 0 Å². The van der Waals surface area contributed by atoms with Crippen LogP contribution >= 0.6 is 22.6 Å². The van der Waals surface area contributed by atoms with Gasteiger partial charge < -0.3 is 19.7 Å². The van der Waals surface area contributed by atoms with Crippen LogP contribution in [0.5, 0.6) is 5.88 Å². The van der Waals surface area contributed by atoms with Crippen LogP contribution in [0.2, 0.25) is 0 Å². The maximum atomic E-state index is 12.6. The second-order valence-electron chi connectivity index (χ2n) is 9.06. The highest BCUT2D eigenvalue weighted by Crippen LogP contribution is 2.43. The van der Waals surface area contributed by atoms with Gasteiger partial charge in [0.25, 0.3) is 0 Å². The molecule has 1 unspecified atom stereocenters. The van der Waals surface area contributed by atoms with Gasteiger partial charge in [0.1, 0.15) is 17.8 Å². The fourth-order valence-electron chi connectivity index (χ4n) is 4.93. The molecule has 0 radical (unpaired) electrons. The first-order chi connectivity index (χ1) is 17.7. The summed E-state index contributed by atoms with van der Waals surface area (Å²) < 4.78 is 45.1. The number of hydrogen-bond acceptors (Lipinski definition) is 6. The number of nitrogens with one attached hydrogen (secondary N) is 1. The molecule has 1 amide bonds. The van der Waals surface area contributed by atoms with Crippen LogP contribution in [-0.2, 0) is 11.2 Å². The number of halogens is 4. The van der Waals surface area contributed by atoms with E-state index in [-0.39, 0.29) is 21.7 Å². The molecule has 1 aromatic carbocycles. The molecule has 1 saturated carbocycles. The van der Waals surface area contributed by atoms with E-state index in [0.29, 0.717) is 23.5 Å². The van der Waals surface area contributed by atoms with Gasteiger partial charge in [0, 0.05) is 15.5 Å². The van der Waals surface area contributed by atoms with Gasteiger partial charge in [0.15, 0.2) is 0 Å². The van der Waals surface area contributed by atoms with Crippen molar-refractivity contribution in [3.8, 4) is 5.88 Å². The third-order valence-electron chi connectivity index (χ3n) is 6.80. The van der Waals surface area contributed by atoms with Crippen molar-refractivity contribution < 1.29 is 27.8 Å². The maximum absolute atomic E-state index is 12.6. The summed E-state index contributed by atoms with van der Waals surface area (Å²) in [6.07, 6.45) is 0.115. The molecule has 37 heavy (non-hydrogen) atoms. The Labute approximate surface area is 223 Å². The number of ether oxygens (including phenoxy) is 1. The summed E-state index contributed by atoms with van der Waals surface area (Å²) in [6.45, 7) is 0. The zero-order valence-corrected chi connectivity index (χ0v) is 21.8. The van der Waals surface area contributed by atoms with E-state index in [1.165, 1.54) is 12.4 Å². The molecule has 194 valence electrons. The minimum atomic E-state index is -4.98. The zero-order chi connectivity index (χ0) is 26.3. The van der Waals surface area contributed by atoms with E-state index in [4.69, 9.17) is 4.74 Å². The lowest BCUT2D eigenvalue weighted by molar-refractivity contribution is -0.167. The number of methoxy groups -OCH3 is 1. The first-order valence-corrected chi connectivity index (χ1v) is 12.9. The fraction of sp³-hybridized carbons (Fsp3) is 0.360. The molecule has 2 N–H and O–H groups in total. The van der Waals surface area contributed by atoms with E-state index in [1.54, 1.807) is 18.5 Å². The summed E-state index contributed by atoms with van der Waals surface area (Å²) in [6, 6.07) is 10.4. The van der Waals surface area contributed by atoms with Gasteiger partial charge >= 0.3 is 12.1 Å². The zero-order valence-electron chi connectivity index (χ0n) is 19.6. The van der Waals surface area contributed by atoms with E-state index in [0.717, 1.165) is 29.2 Å². The van der Waals surface area contributed by atoms with Crippen LogP contribution in [-0.4, -0.2) is 53.8 Å². The van der Waals surface area contributed by atoms with Crippen molar-refractivity contribution >= 4 is 56.3 Å². The first-order valence-electron chi connectivity index (χ1n) is 11.6. The summed E-state index contributed by atoms with van der Waals surface area (Å²) in [4.78, 5) is 24.0. The minimum Gasteiger partial charge on any atom is -0.480 e. The predicted octanol–water partition coefficient (Wildman–Crippen LogP) is 4.85. The van der Waals surface area contributed by atoms with Gasteiger partial charge in [-0.15, -0.1) is 0 Å². The molecule has 4 aromatic rings. The molecule has 5 rings (SSSR count). The topological polar surface area (TPSA) is 102 Å². The van der Waals surface area contributed by atoms with Gasteiger partial charge in [0.05, 0.1) is 30.2 Å². The lowest BCUT2D eigenvalue weighted by Gasteiger charge is -2.19. The molecule has 0 aliphatic heterocycles. The Bertz CT molecular complexity index is 1460. The van der Waals surface area contributed by atoms with Crippen LogP contribution in [0.4, 0.5) is 19.0 Å². The number of carbonyl (C=O) groups is 1. The Hall–Kier alpha value is -3.00. The predicted molar refractivity (Wildman–Crippen MR) is 140 cm³/mol. The van der Waals surface area contributed by atoms with Crippen LogP contribution in [0.1, 0.15) is 24.4 Å². The number of alkyl halides is 4. The number of nitrogens with zero attached hydrogens (tertiary/aromatic N) is 4. The third kappa shape index (κ3) is 5.08. The summed E-state index contributed by atoms with van der Waals surface area (Å²) in [7, 11) is 1.56. The van der Waals surface area contributed by atoms with E-state index in [1.807, 2.05) is 35.0 Å². The molecule has 0 saturated heterocycles. The lowest BCUT2D eigenvalue weighted by Crippen LogP contribution is -2.30. The number of aryl methyl sites for hydroxylation is 1. The van der Waals surface area contributed by atoms with Crippen molar-refractivity contribution in [1.82, 2.24) is 19.5 Å². The third-order valence-corrected chi connectivity index (χ3v) is 8.55. The fourth-order valence-corrected chi connectivity index (χ4v) is 6.06. The standard InChI is InChI=1S/C25H23F3IN5O3/c1-37-23-16-8-9-34(22(16)30-12-31-23)18-11-15(20(29)21(18)35)5-3-13-2-4-14-6-7-19(32-17(14)10-13)33-24(36)25(26,27)28/h2,4,6-10,12,15,18,20-21,35H,3,5,11H2,1H3,(H,32,33,36)/t15-,18+,20?,21-/m0/s1. The van der Waals surface area contributed by atoms with E-state index in [2.05, 4.69) is 37.5 Å². The van der Waals surface area contributed by atoms with Crippen molar-refractivity contribution in [3.05, 3.63) is 54.5 Å². The smallest absolute Gasteiger partial charge is 0.471 e. The number of amides is 1. The SMILES string of the molecule is COc1ncnc2c1ccn2[C@@H]1C[C@H](CCc2ccc3ccc(NC(=O)C(F)(F)F)nc3c2)C(I)[C@H]1O. The molecular weight excluding hydrogens is 602 g/mol. The molecule has 0 bridgehead atoms. The summed E-state index contributed by atoms with van der Waals surface area (Å²) >= 11 is 2.31. The minimum absolute atomic E-state index is 0.0338. The van der Waals surface area contributed by atoms with Crippen LogP contribution in [0, 0.1) is 5.92 Å². The van der Waals surface area contributed by atoms with Gasteiger partial charge in [0.2, 0.25) is 5.88 Å². The normalized spacial score (nSPS) is 22.0. The Morgan fingerprint density at radius 3 is 2.78 bits per heavy atom. The number of aliphatic hydroxyl groups is 1. The van der Waals surface area contributed by atoms with E-state index in [9.17, 15) is 23.1 Å². The largest absolute Gasteiger partial charge is 0.480 e. The highest BCUT2D eigenvalue weighted by Gasteiger charge is 2.42. The van der Waals surface area contributed by atoms with E-state index < -0.39 is 18.2 Å². The van der Waals surface area contributed by atoms with Gasteiger partial charge in [-0.2, -0.15) is 13.2 Å². The number of anilines is 1. The van der Waals surface area contributed by atoms with Crippen LogP contribution in [0.15, 0.2) is 48.9 Å². The van der Waals surface area contributed by atoms with Gasteiger partial charge in [-0.25, -0.2) is 15.0 Å². The Kier molecular flexibility index (Phi) is 6.96. The number of benzene rings is 1. The van der Waals surface area contributed by atoms with Crippen LogP contribution < -0.4 is 10.1 Å². The van der Waals surface area contributed by atoms with Crippen LogP contribution in [0.3, 0.4) is 0 Å². The number of pyridine rings is 1. The number of rotatable bonds is 6. The molecule has 0 spiro atoms. The van der Waals surface area contributed by atoms with Crippen molar-refractivity contribution in [2.45, 2.75) is 41.5 Å². The molecule has 3 aromatic heterocycles. The highest BCUT2D eigenvalue weighted by atomic mass is 127. The van der Waals surface area contributed by atoms with Crippen molar-refractivity contribution in [2.24, 2.45) is 5.92 Å². The van der Waals surface area contributed by atoms with Crippen molar-refractivity contribution in [1.29, 1.82) is 0 Å². The molecule has 1 aliphatic carbocycles. The maximum Gasteiger partial charge on any atom is 0.471 e. The van der Waals surface area contributed by atoms with E-state index >= 15 is 0 Å². The van der Waals surface area contributed by atoms with Crippen molar-refractivity contribution in [2.75, 3.05) is 12.4 Å². The number of aliphatic hydroxyl groups excluding tert-OH is 1. The summed E-state index contributed by atoms with van der Waals surface area (Å²) in [5, 5.41) is 14.4. The van der Waals surface area contributed by atoms with Gasteiger partial charge in [-0.3, -0.25) is 4.79 Å². The molecular formula is C25H23F3IN5O3. The average molecular weight is 625 g/mol. The highest BCUT2D eigenvalue weighted by molar-refractivity contribution is 14.1.